The van der Waals surface area contributed by atoms with Gasteiger partial charge in [-0.05, 0) is 29.7 Å². The van der Waals surface area contributed by atoms with Crippen LogP contribution in [0.4, 0.5) is 5.95 Å². The van der Waals surface area contributed by atoms with Gasteiger partial charge in [-0.2, -0.15) is 0 Å². The fourth-order valence-corrected chi connectivity index (χ4v) is 3.86. The number of amides is 2. The number of imide groups is 1. The minimum atomic E-state index is -0.367. The molecule has 1 aliphatic heterocycles. The van der Waals surface area contributed by atoms with Gasteiger partial charge in [0.05, 0.1) is 5.69 Å². The first-order valence-electron chi connectivity index (χ1n) is 9.92. The van der Waals surface area contributed by atoms with Crippen molar-refractivity contribution < 1.29 is 9.59 Å². The van der Waals surface area contributed by atoms with E-state index in [1.165, 1.54) is 4.90 Å². The molecule has 2 amide bonds. The van der Waals surface area contributed by atoms with E-state index in [0.717, 1.165) is 16.7 Å². The highest BCUT2D eigenvalue weighted by atomic mass is 16.2. The molecule has 0 radical (unpaired) electrons. The van der Waals surface area contributed by atoms with E-state index in [-0.39, 0.29) is 17.8 Å². The molecule has 0 unspecified atom stereocenters. The van der Waals surface area contributed by atoms with E-state index in [1.54, 1.807) is 24.5 Å². The Morgan fingerprint density at radius 1 is 1.00 bits per heavy atom. The van der Waals surface area contributed by atoms with Crippen molar-refractivity contribution in [2.75, 3.05) is 12.3 Å². The third-order valence-electron chi connectivity index (χ3n) is 5.42. The fourth-order valence-electron chi connectivity index (χ4n) is 3.86. The molecule has 2 aromatic heterocycles. The molecule has 0 fully saturated rings. The SMILES string of the molecule is Nc1ncc(-c2ccccc2)c(-c2c[nH]c(C(=O)N3CCc4ccccc4C3=O)c2)n1. The molecule has 5 rings (SSSR count). The normalized spacial score (nSPS) is 13.2. The largest absolute Gasteiger partial charge is 0.368 e. The highest BCUT2D eigenvalue weighted by molar-refractivity contribution is 6.11. The maximum Gasteiger partial charge on any atom is 0.277 e. The van der Waals surface area contributed by atoms with Crippen LogP contribution in [-0.4, -0.2) is 38.2 Å². The lowest BCUT2D eigenvalue weighted by molar-refractivity contribution is 0.0602. The second kappa shape index (κ2) is 7.53. The molecule has 0 saturated heterocycles. The van der Waals surface area contributed by atoms with Crippen LogP contribution in [0.5, 0.6) is 0 Å². The second-order valence-electron chi connectivity index (χ2n) is 7.33. The van der Waals surface area contributed by atoms with E-state index in [4.69, 9.17) is 5.73 Å². The molecule has 152 valence electrons. The molecule has 0 spiro atoms. The van der Waals surface area contributed by atoms with E-state index in [9.17, 15) is 9.59 Å². The Morgan fingerprint density at radius 3 is 2.61 bits per heavy atom. The van der Waals surface area contributed by atoms with Crippen LogP contribution in [-0.2, 0) is 6.42 Å². The minimum absolute atomic E-state index is 0.145. The van der Waals surface area contributed by atoms with Crippen LogP contribution in [0.15, 0.2) is 73.1 Å². The first-order valence-corrected chi connectivity index (χ1v) is 9.92. The van der Waals surface area contributed by atoms with Crippen LogP contribution in [0.2, 0.25) is 0 Å². The number of aromatic nitrogens is 3. The van der Waals surface area contributed by atoms with E-state index in [1.807, 2.05) is 48.5 Å². The Kier molecular flexibility index (Phi) is 4.55. The zero-order valence-electron chi connectivity index (χ0n) is 16.6. The third kappa shape index (κ3) is 3.36. The van der Waals surface area contributed by atoms with Crippen molar-refractivity contribution in [3.05, 3.63) is 89.9 Å². The number of benzene rings is 2. The first kappa shape index (κ1) is 18.7. The number of aromatic amines is 1. The Labute approximate surface area is 178 Å². The number of carbonyl (C=O) groups excluding carboxylic acids is 2. The number of rotatable bonds is 3. The fraction of sp³-hybridized carbons (Fsp3) is 0.0833. The summed E-state index contributed by atoms with van der Waals surface area (Å²) in [5, 5.41) is 0. The van der Waals surface area contributed by atoms with Gasteiger partial charge in [-0.15, -0.1) is 0 Å². The Morgan fingerprint density at radius 2 is 1.77 bits per heavy atom. The number of carbonyl (C=O) groups is 2. The molecular weight excluding hydrogens is 390 g/mol. The quantitative estimate of drug-likeness (QED) is 0.504. The van der Waals surface area contributed by atoms with E-state index in [2.05, 4.69) is 15.0 Å². The number of nitrogens with zero attached hydrogens (tertiary/aromatic N) is 3. The molecule has 3 N–H and O–H groups in total. The standard InChI is InChI=1S/C24H19N5O2/c25-24-27-14-19(15-6-2-1-3-7-15)21(28-24)17-12-20(26-13-17)23(31)29-11-10-16-8-4-5-9-18(16)22(29)30/h1-9,12-14,26H,10-11H2,(H2,25,27,28). The van der Waals surface area contributed by atoms with Crippen molar-refractivity contribution >= 4 is 17.8 Å². The number of H-pyrrole nitrogens is 1. The summed E-state index contributed by atoms with van der Waals surface area (Å²) in [6, 6.07) is 18.8. The predicted molar refractivity (Wildman–Crippen MR) is 117 cm³/mol. The number of hydrogen-bond donors (Lipinski definition) is 2. The van der Waals surface area contributed by atoms with Crippen molar-refractivity contribution in [3.8, 4) is 22.4 Å². The van der Waals surface area contributed by atoms with Gasteiger partial charge in [-0.3, -0.25) is 14.5 Å². The predicted octanol–water partition coefficient (Wildman–Crippen LogP) is 3.56. The van der Waals surface area contributed by atoms with E-state index < -0.39 is 0 Å². The van der Waals surface area contributed by atoms with Gasteiger partial charge in [0.1, 0.15) is 5.69 Å². The molecule has 3 heterocycles. The second-order valence-corrected chi connectivity index (χ2v) is 7.33. The molecule has 1 aliphatic rings. The van der Waals surface area contributed by atoms with Gasteiger partial charge in [0, 0.05) is 35.6 Å². The van der Waals surface area contributed by atoms with Crippen LogP contribution in [0.1, 0.15) is 26.4 Å². The van der Waals surface area contributed by atoms with Crippen LogP contribution in [0.25, 0.3) is 22.4 Å². The van der Waals surface area contributed by atoms with Crippen LogP contribution >= 0.6 is 0 Å². The number of fused-ring (bicyclic) bond motifs is 1. The van der Waals surface area contributed by atoms with Gasteiger partial charge in [-0.1, -0.05) is 48.5 Å². The summed E-state index contributed by atoms with van der Waals surface area (Å²) in [5.41, 5.74) is 10.7. The highest BCUT2D eigenvalue weighted by Crippen LogP contribution is 2.31. The maximum atomic E-state index is 13.1. The summed E-state index contributed by atoms with van der Waals surface area (Å²) in [6.07, 6.45) is 4.01. The molecule has 7 nitrogen and oxygen atoms in total. The van der Waals surface area contributed by atoms with Gasteiger partial charge in [0.2, 0.25) is 5.95 Å². The van der Waals surface area contributed by atoms with Crippen molar-refractivity contribution in [1.29, 1.82) is 0 Å². The topological polar surface area (TPSA) is 105 Å². The molecule has 4 aromatic rings. The summed E-state index contributed by atoms with van der Waals surface area (Å²) in [5.74, 6) is -0.500. The van der Waals surface area contributed by atoms with Gasteiger partial charge in [0.25, 0.3) is 11.8 Å². The number of nitrogens with two attached hydrogens (primary N) is 1. The van der Waals surface area contributed by atoms with Crippen molar-refractivity contribution in [3.63, 3.8) is 0 Å². The Hall–Kier alpha value is -4.26. The lowest BCUT2D eigenvalue weighted by atomic mass is 9.99. The Bertz CT molecular complexity index is 1300. The molecule has 7 heteroatoms. The molecule has 2 aromatic carbocycles. The molecule has 0 saturated carbocycles. The smallest absolute Gasteiger partial charge is 0.277 e. The molecular formula is C24H19N5O2. The first-order chi connectivity index (χ1) is 15.1. The maximum absolute atomic E-state index is 13.1. The molecule has 0 aliphatic carbocycles. The number of hydrogen-bond acceptors (Lipinski definition) is 5. The van der Waals surface area contributed by atoms with Crippen molar-refractivity contribution in [1.82, 2.24) is 19.9 Å². The number of nitrogens with one attached hydrogen (secondary N) is 1. The van der Waals surface area contributed by atoms with Crippen molar-refractivity contribution in [2.24, 2.45) is 0 Å². The molecule has 0 bridgehead atoms. The molecule has 31 heavy (non-hydrogen) atoms. The van der Waals surface area contributed by atoms with E-state index in [0.29, 0.717) is 35.5 Å². The van der Waals surface area contributed by atoms with Gasteiger partial charge < -0.3 is 10.7 Å². The average Bonchev–Trinajstić information content (AvgIpc) is 3.30. The van der Waals surface area contributed by atoms with Crippen LogP contribution in [0, 0.1) is 0 Å². The van der Waals surface area contributed by atoms with Gasteiger partial charge in [0.15, 0.2) is 0 Å². The Balaban J connectivity index is 1.48. The monoisotopic (exact) mass is 409 g/mol. The zero-order valence-corrected chi connectivity index (χ0v) is 16.6. The highest BCUT2D eigenvalue weighted by Gasteiger charge is 2.30. The summed E-state index contributed by atoms with van der Waals surface area (Å²) in [6.45, 7) is 0.346. The van der Waals surface area contributed by atoms with Crippen LogP contribution in [0.3, 0.4) is 0 Å². The van der Waals surface area contributed by atoms with Gasteiger partial charge >= 0.3 is 0 Å². The summed E-state index contributed by atoms with van der Waals surface area (Å²) in [4.78, 5) is 38.8. The summed E-state index contributed by atoms with van der Waals surface area (Å²) in [7, 11) is 0. The minimum Gasteiger partial charge on any atom is -0.368 e. The zero-order chi connectivity index (χ0) is 21.4. The summed E-state index contributed by atoms with van der Waals surface area (Å²) >= 11 is 0. The number of anilines is 1. The van der Waals surface area contributed by atoms with Gasteiger partial charge in [-0.25, -0.2) is 9.97 Å². The van der Waals surface area contributed by atoms with E-state index >= 15 is 0 Å². The lowest BCUT2D eigenvalue weighted by Gasteiger charge is -2.26. The van der Waals surface area contributed by atoms with Crippen molar-refractivity contribution in [2.45, 2.75) is 6.42 Å². The average molecular weight is 409 g/mol. The third-order valence-corrected chi connectivity index (χ3v) is 5.42. The lowest BCUT2D eigenvalue weighted by Crippen LogP contribution is -2.42. The summed E-state index contributed by atoms with van der Waals surface area (Å²) < 4.78 is 0. The molecule has 0 atom stereocenters. The van der Waals surface area contributed by atoms with Crippen LogP contribution < -0.4 is 5.73 Å². The number of nitrogen functional groups attached to an aromatic ring is 1.